The molecule has 1 fully saturated rings. The molecule has 0 aromatic heterocycles. The fourth-order valence-corrected chi connectivity index (χ4v) is 2.14. The third-order valence-corrected chi connectivity index (χ3v) is 3.25. The number of nitrogen functional groups attached to an aromatic ring is 1. The Morgan fingerprint density at radius 1 is 1.24 bits per heavy atom. The molecule has 0 aliphatic carbocycles. The van der Waals surface area contributed by atoms with Crippen LogP contribution in [0.25, 0.3) is 0 Å². The number of benzene rings is 1. The van der Waals surface area contributed by atoms with E-state index in [0.29, 0.717) is 5.69 Å². The molecule has 2 rings (SSSR count). The summed E-state index contributed by atoms with van der Waals surface area (Å²) in [6, 6.07) is 3.78. The van der Waals surface area contributed by atoms with Crippen molar-refractivity contribution in [2.45, 2.75) is 13.8 Å². The SMILES string of the molecule is Cc1cc(C)c(C(=O)N2CCNCC2)cc1N. The van der Waals surface area contributed by atoms with Gasteiger partial charge in [-0.3, -0.25) is 4.79 Å². The lowest BCUT2D eigenvalue weighted by atomic mass is 10.0. The summed E-state index contributed by atoms with van der Waals surface area (Å²) >= 11 is 0. The van der Waals surface area contributed by atoms with Crippen LogP contribution in [0.5, 0.6) is 0 Å². The molecule has 1 heterocycles. The zero-order valence-electron chi connectivity index (χ0n) is 10.4. The highest BCUT2D eigenvalue weighted by Gasteiger charge is 2.19. The van der Waals surface area contributed by atoms with E-state index < -0.39 is 0 Å². The summed E-state index contributed by atoms with van der Waals surface area (Å²) in [4.78, 5) is 14.2. The van der Waals surface area contributed by atoms with Gasteiger partial charge in [-0.2, -0.15) is 0 Å². The molecule has 1 aromatic rings. The summed E-state index contributed by atoms with van der Waals surface area (Å²) in [5.74, 6) is 0.0932. The minimum absolute atomic E-state index is 0.0932. The number of hydrogen-bond donors (Lipinski definition) is 2. The molecule has 1 amide bonds. The van der Waals surface area contributed by atoms with E-state index in [0.717, 1.165) is 42.9 Å². The number of carbonyl (C=O) groups excluding carboxylic acids is 1. The number of piperazine rings is 1. The predicted molar refractivity (Wildman–Crippen MR) is 69.1 cm³/mol. The lowest BCUT2D eigenvalue weighted by Crippen LogP contribution is -2.46. The third-order valence-electron chi connectivity index (χ3n) is 3.25. The molecule has 0 spiro atoms. The number of anilines is 1. The number of nitrogens with one attached hydrogen (secondary N) is 1. The molecule has 4 nitrogen and oxygen atoms in total. The van der Waals surface area contributed by atoms with E-state index in [4.69, 9.17) is 5.73 Å². The monoisotopic (exact) mass is 233 g/mol. The van der Waals surface area contributed by atoms with Crippen molar-refractivity contribution >= 4 is 11.6 Å². The van der Waals surface area contributed by atoms with Crippen LogP contribution in [0.3, 0.4) is 0 Å². The lowest BCUT2D eigenvalue weighted by molar-refractivity contribution is 0.0735. The first-order valence-corrected chi connectivity index (χ1v) is 5.96. The summed E-state index contributed by atoms with van der Waals surface area (Å²) in [5, 5.41) is 3.24. The Morgan fingerprint density at radius 3 is 2.53 bits per heavy atom. The van der Waals surface area contributed by atoms with E-state index in [2.05, 4.69) is 5.32 Å². The van der Waals surface area contributed by atoms with Gasteiger partial charge in [0.15, 0.2) is 0 Å². The fraction of sp³-hybridized carbons (Fsp3) is 0.462. The zero-order chi connectivity index (χ0) is 12.4. The van der Waals surface area contributed by atoms with Crippen molar-refractivity contribution in [3.63, 3.8) is 0 Å². The normalized spacial score (nSPS) is 16.0. The highest BCUT2D eigenvalue weighted by atomic mass is 16.2. The molecule has 3 N–H and O–H groups in total. The lowest BCUT2D eigenvalue weighted by Gasteiger charge is -2.28. The highest BCUT2D eigenvalue weighted by Crippen LogP contribution is 2.19. The fourth-order valence-electron chi connectivity index (χ4n) is 2.14. The number of nitrogens with zero attached hydrogens (tertiary/aromatic N) is 1. The van der Waals surface area contributed by atoms with Gasteiger partial charge in [0.1, 0.15) is 0 Å². The van der Waals surface area contributed by atoms with Crippen molar-refractivity contribution in [2.75, 3.05) is 31.9 Å². The average Bonchev–Trinajstić information content (AvgIpc) is 2.34. The van der Waals surface area contributed by atoms with Crippen molar-refractivity contribution in [3.05, 3.63) is 28.8 Å². The van der Waals surface area contributed by atoms with Gasteiger partial charge in [0, 0.05) is 37.4 Å². The second-order valence-corrected chi connectivity index (χ2v) is 4.57. The topological polar surface area (TPSA) is 58.4 Å². The van der Waals surface area contributed by atoms with E-state index >= 15 is 0 Å². The molecule has 4 heteroatoms. The molecule has 92 valence electrons. The molecule has 1 aromatic carbocycles. The molecule has 0 atom stereocenters. The van der Waals surface area contributed by atoms with Gasteiger partial charge < -0.3 is 16.0 Å². The Balaban J connectivity index is 2.26. The first kappa shape index (κ1) is 11.9. The quantitative estimate of drug-likeness (QED) is 0.709. The first-order valence-electron chi connectivity index (χ1n) is 5.96. The van der Waals surface area contributed by atoms with Crippen LogP contribution < -0.4 is 11.1 Å². The largest absolute Gasteiger partial charge is 0.398 e. The summed E-state index contributed by atoms with van der Waals surface area (Å²) in [6.45, 7) is 7.19. The minimum Gasteiger partial charge on any atom is -0.398 e. The van der Waals surface area contributed by atoms with Crippen LogP contribution in [-0.4, -0.2) is 37.0 Å². The maximum atomic E-state index is 12.3. The van der Waals surface area contributed by atoms with Crippen LogP contribution in [0.1, 0.15) is 21.5 Å². The molecule has 1 aliphatic rings. The molecule has 0 radical (unpaired) electrons. The van der Waals surface area contributed by atoms with Crippen LogP contribution in [0, 0.1) is 13.8 Å². The van der Waals surface area contributed by atoms with Crippen molar-refractivity contribution in [3.8, 4) is 0 Å². The Labute approximate surface area is 102 Å². The smallest absolute Gasteiger partial charge is 0.254 e. The van der Waals surface area contributed by atoms with E-state index in [1.807, 2.05) is 24.8 Å². The Kier molecular flexibility index (Phi) is 3.33. The number of amides is 1. The van der Waals surface area contributed by atoms with E-state index in [1.54, 1.807) is 6.07 Å². The number of carbonyl (C=O) groups is 1. The molecule has 1 saturated heterocycles. The van der Waals surface area contributed by atoms with Gasteiger partial charge in [0.05, 0.1) is 0 Å². The first-order chi connectivity index (χ1) is 8.09. The Morgan fingerprint density at radius 2 is 1.88 bits per heavy atom. The maximum Gasteiger partial charge on any atom is 0.254 e. The predicted octanol–water partition coefficient (Wildman–Crippen LogP) is 0.931. The second kappa shape index (κ2) is 4.75. The molecular formula is C13H19N3O. The average molecular weight is 233 g/mol. The van der Waals surface area contributed by atoms with Crippen molar-refractivity contribution < 1.29 is 4.79 Å². The van der Waals surface area contributed by atoms with Crippen molar-refractivity contribution in [2.24, 2.45) is 0 Å². The Hall–Kier alpha value is -1.55. The van der Waals surface area contributed by atoms with Gasteiger partial charge in [-0.15, -0.1) is 0 Å². The van der Waals surface area contributed by atoms with Gasteiger partial charge in [0.25, 0.3) is 5.91 Å². The van der Waals surface area contributed by atoms with Gasteiger partial charge in [-0.05, 0) is 31.0 Å². The van der Waals surface area contributed by atoms with E-state index in [-0.39, 0.29) is 5.91 Å². The number of nitrogens with two attached hydrogens (primary N) is 1. The van der Waals surface area contributed by atoms with Gasteiger partial charge in [0.2, 0.25) is 0 Å². The maximum absolute atomic E-state index is 12.3. The van der Waals surface area contributed by atoms with Crippen LogP contribution in [-0.2, 0) is 0 Å². The van der Waals surface area contributed by atoms with Crippen molar-refractivity contribution in [1.29, 1.82) is 0 Å². The highest BCUT2D eigenvalue weighted by molar-refractivity contribution is 5.96. The molecule has 1 aliphatic heterocycles. The Bertz CT molecular complexity index is 437. The van der Waals surface area contributed by atoms with Gasteiger partial charge >= 0.3 is 0 Å². The number of rotatable bonds is 1. The number of aryl methyl sites for hydroxylation is 2. The minimum atomic E-state index is 0.0932. The molecule has 17 heavy (non-hydrogen) atoms. The zero-order valence-corrected chi connectivity index (χ0v) is 10.4. The van der Waals surface area contributed by atoms with Gasteiger partial charge in [-0.25, -0.2) is 0 Å². The van der Waals surface area contributed by atoms with E-state index in [9.17, 15) is 4.79 Å². The van der Waals surface area contributed by atoms with Gasteiger partial charge in [-0.1, -0.05) is 6.07 Å². The summed E-state index contributed by atoms with van der Waals surface area (Å²) < 4.78 is 0. The second-order valence-electron chi connectivity index (χ2n) is 4.57. The van der Waals surface area contributed by atoms with Crippen molar-refractivity contribution in [1.82, 2.24) is 10.2 Å². The summed E-state index contributed by atoms with van der Waals surface area (Å²) in [7, 11) is 0. The summed E-state index contributed by atoms with van der Waals surface area (Å²) in [5.41, 5.74) is 9.32. The van der Waals surface area contributed by atoms with Crippen LogP contribution in [0.15, 0.2) is 12.1 Å². The molecule has 0 bridgehead atoms. The third kappa shape index (κ3) is 2.42. The molecule has 0 unspecified atom stereocenters. The van der Waals surface area contributed by atoms with Crippen LogP contribution in [0.2, 0.25) is 0 Å². The molecular weight excluding hydrogens is 214 g/mol. The van der Waals surface area contributed by atoms with E-state index in [1.165, 1.54) is 0 Å². The van der Waals surface area contributed by atoms with Crippen LogP contribution in [0.4, 0.5) is 5.69 Å². The standard InChI is InChI=1S/C13H19N3O/c1-9-7-10(2)12(14)8-11(9)13(17)16-5-3-15-4-6-16/h7-8,15H,3-6,14H2,1-2H3. The van der Waals surface area contributed by atoms with Crippen LogP contribution >= 0.6 is 0 Å². The number of hydrogen-bond acceptors (Lipinski definition) is 3. The molecule has 0 saturated carbocycles. The summed E-state index contributed by atoms with van der Waals surface area (Å²) in [6.07, 6.45) is 0.